The van der Waals surface area contributed by atoms with E-state index in [0.29, 0.717) is 27.6 Å². The van der Waals surface area contributed by atoms with Crippen molar-refractivity contribution in [2.75, 3.05) is 5.43 Å². The topological polar surface area (TPSA) is 63.8 Å². The molecule has 1 aromatic heterocycles. The van der Waals surface area contributed by atoms with Crippen molar-refractivity contribution in [3.8, 4) is 11.4 Å². The Morgan fingerprint density at radius 2 is 2.05 bits per heavy atom. The zero-order valence-electron chi connectivity index (χ0n) is 11.3. The largest absolute Gasteiger partial charge is 0.308 e. The first-order valence-electron chi connectivity index (χ1n) is 6.29. The van der Waals surface area contributed by atoms with Gasteiger partial charge in [0.25, 0.3) is 0 Å². The highest BCUT2D eigenvalue weighted by Crippen LogP contribution is 2.23. The molecule has 0 aliphatic carbocycles. The number of hydrazine groups is 1. The van der Waals surface area contributed by atoms with E-state index in [1.165, 1.54) is 6.07 Å². The van der Waals surface area contributed by atoms with Crippen LogP contribution in [0.3, 0.4) is 0 Å². The van der Waals surface area contributed by atoms with E-state index in [0.717, 1.165) is 12.1 Å². The highest BCUT2D eigenvalue weighted by Gasteiger charge is 2.10. The minimum atomic E-state index is -0.345. The molecule has 0 fully saturated rings. The molecule has 2 aromatic rings. The van der Waals surface area contributed by atoms with Crippen LogP contribution in [-0.4, -0.2) is 9.97 Å². The van der Waals surface area contributed by atoms with Gasteiger partial charge in [-0.2, -0.15) is 0 Å². The maximum Gasteiger partial charge on any atom is 0.161 e. The van der Waals surface area contributed by atoms with E-state index in [2.05, 4.69) is 45.2 Å². The molecule has 1 aromatic carbocycles. The number of anilines is 1. The number of rotatable bonds is 4. The van der Waals surface area contributed by atoms with Crippen molar-refractivity contribution in [2.24, 2.45) is 11.8 Å². The summed E-state index contributed by atoms with van der Waals surface area (Å²) in [7, 11) is 0. The third-order valence-corrected chi connectivity index (χ3v) is 3.37. The Morgan fingerprint density at radius 1 is 1.30 bits per heavy atom. The first-order chi connectivity index (χ1) is 9.49. The van der Waals surface area contributed by atoms with Gasteiger partial charge in [-0.15, -0.1) is 0 Å². The molecule has 0 aliphatic heterocycles. The Bertz CT molecular complexity index is 616. The molecule has 1 heterocycles. The molecule has 0 atom stereocenters. The maximum absolute atomic E-state index is 13.6. The molecule has 0 spiro atoms. The van der Waals surface area contributed by atoms with Gasteiger partial charge in [-0.05, 0) is 46.5 Å². The van der Waals surface area contributed by atoms with Crippen LogP contribution in [0.15, 0.2) is 28.7 Å². The average Bonchev–Trinajstić information content (AvgIpc) is 2.40. The molecule has 3 N–H and O–H groups in total. The fourth-order valence-electron chi connectivity index (χ4n) is 1.86. The summed E-state index contributed by atoms with van der Waals surface area (Å²) in [5.74, 6) is 6.53. The van der Waals surface area contributed by atoms with Crippen molar-refractivity contribution >= 4 is 21.7 Å². The summed E-state index contributed by atoms with van der Waals surface area (Å²) in [6, 6.07) is 6.61. The van der Waals surface area contributed by atoms with E-state index in [9.17, 15) is 4.39 Å². The van der Waals surface area contributed by atoms with Crippen molar-refractivity contribution < 1.29 is 4.39 Å². The highest BCUT2D eigenvalue weighted by molar-refractivity contribution is 9.10. The molecule has 4 nitrogen and oxygen atoms in total. The molecule has 0 unspecified atom stereocenters. The van der Waals surface area contributed by atoms with Crippen molar-refractivity contribution in [3.63, 3.8) is 0 Å². The minimum Gasteiger partial charge on any atom is -0.308 e. The summed E-state index contributed by atoms with van der Waals surface area (Å²) in [6.45, 7) is 4.22. The van der Waals surface area contributed by atoms with Gasteiger partial charge in [0.05, 0.1) is 4.47 Å². The molecular weight excluding hydrogens is 323 g/mol. The van der Waals surface area contributed by atoms with Gasteiger partial charge in [-0.3, -0.25) is 0 Å². The van der Waals surface area contributed by atoms with Crippen molar-refractivity contribution in [2.45, 2.75) is 20.3 Å². The fourth-order valence-corrected chi connectivity index (χ4v) is 2.11. The summed E-state index contributed by atoms with van der Waals surface area (Å²) < 4.78 is 14.0. The quantitative estimate of drug-likeness (QED) is 0.661. The van der Waals surface area contributed by atoms with Crippen molar-refractivity contribution in [1.29, 1.82) is 0 Å². The number of nitrogens with one attached hydrogen (secondary N) is 1. The predicted molar refractivity (Wildman–Crippen MR) is 81.5 cm³/mol. The molecular formula is C14H16BrFN4. The van der Waals surface area contributed by atoms with Crippen LogP contribution in [0.5, 0.6) is 0 Å². The molecule has 0 radical (unpaired) electrons. The molecule has 0 saturated heterocycles. The van der Waals surface area contributed by atoms with E-state index >= 15 is 0 Å². The lowest BCUT2D eigenvalue weighted by molar-refractivity contribution is 0.621. The van der Waals surface area contributed by atoms with Crippen LogP contribution in [0.2, 0.25) is 0 Å². The number of nitrogens with zero attached hydrogens (tertiary/aromatic N) is 2. The lowest BCUT2D eigenvalue weighted by Gasteiger charge is -2.09. The third-order valence-electron chi connectivity index (χ3n) is 2.72. The Balaban J connectivity index is 2.46. The average molecular weight is 339 g/mol. The van der Waals surface area contributed by atoms with Gasteiger partial charge in [-0.25, -0.2) is 20.2 Å². The molecule has 0 bridgehead atoms. The summed E-state index contributed by atoms with van der Waals surface area (Å²) in [4.78, 5) is 8.74. The van der Waals surface area contributed by atoms with E-state index in [4.69, 9.17) is 5.84 Å². The maximum atomic E-state index is 13.6. The molecule has 106 valence electrons. The minimum absolute atomic E-state index is 0.345. The van der Waals surface area contributed by atoms with Crippen LogP contribution in [0.4, 0.5) is 10.2 Å². The smallest absolute Gasteiger partial charge is 0.161 e. The van der Waals surface area contributed by atoms with E-state index < -0.39 is 0 Å². The van der Waals surface area contributed by atoms with Crippen molar-refractivity contribution in [1.82, 2.24) is 9.97 Å². The molecule has 2 rings (SSSR count). The van der Waals surface area contributed by atoms with Gasteiger partial charge in [0.15, 0.2) is 5.82 Å². The van der Waals surface area contributed by atoms with Crippen LogP contribution in [0.25, 0.3) is 11.4 Å². The van der Waals surface area contributed by atoms with E-state index in [-0.39, 0.29) is 5.82 Å². The number of benzene rings is 1. The zero-order valence-corrected chi connectivity index (χ0v) is 12.9. The Labute approximate surface area is 125 Å². The number of halogens is 2. The Kier molecular flexibility index (Phi) is 4.67. The first-order valence-corrected chi connectivity index (χ1v) is 7.09. The number of nitrogens with two attached hydrogens (primary N) is 1. The van der Waals surface area contributed by atoms with Gasteiger partial charge >= 0.3 is 0 Å². The SMILES string of the molecule is CC(C)Cc1cc(NN)nc(-c2ccc(Br)c(F)c2)n1. The first kappa shape index (κ1) is 14.9. The van der Waals surface area contributed by atoms with E-state index in [1.54, 1.807) is 18.2 Å². The van der Waals surface area contributed by atoms with Gasteiger partial charge in [-0.1, -0.05) is 13.8 Å². The fraction of sp³-hybridized carbons (Fsp3) is 0.286. The standard InChI is InChI=1S/C14H16BrFN4/c1-8(2)5-10-7-13(20-17)19-14(18-10)9-3-4-11(15)12(16)6-9/h3-4,6-8H,5,17H2,1-2H3,(H,18,19,20). The second-order valence-electron chi connectivity index (χ2n) is 4.94. The summed E-state index contributed by atoms with van der Waals surface area (Å²) in [6.07, 6.45) is 0.809. The second-order valence-corrected chi connectivity index (χ2v) is 5.79. The number of hydrogen-bond donors (Lipinski definition) is 2. The van der Waals surface area contributed by atoms with E-state index in [1.807, 2.05) is 0 Å². The Morgan fingerprint density at radius 3 is 2.65 bits per heavy atom. The number of nitrogen functional groups attached to an aromatic ring is 1. The summed E-state index contributed by atoms with van der Waals surface area (Å²) in [5.41, 5.74) is 4.02. The third kappa shape index (κ3) is 3.52. The summed E-state index contributed by atoms with van der Waals surface area (Å²) in [5, 5.41) is 0. The molecule has 0 amide bonds. The van der Waals surface area contributed by atoms with Gasteiger partial charge in [0.2, 0.25) is 0 Å². The van der Waals surface area contributed by atoms with Crippen LogP contribution >= 0.6 is 15.9 Å². The Hall–Kier alpha value is -1.53. The number of hydrogen-bond acceptors (Lipinski definition) is 4. The van der Waals surface area contributed by atoms with Gasteiger partial charge < -0.3 is 5.43 Å². The lowest BCUT2D eigenvalue weighted by Crippen LogP contribution is -2.11. The molecule has 6 heteroatoms. The highest BCUT2D eigenvalue weighted by atomic mass is 79.9. The predicted octanol–water partition coefficient (Wildman–Crippen LogP) is 3.53. The summed E-state index contributed by atoms with van der Waals surface area (Å²) >= 11 is 3.13. The molecule has 0 aliphatic rings. The van der Waals surface area contributed by atoms with Crippen molar-refractivity contribution in [3.05, 3.63) is 40.2 Å². The lowest BCUT2D eigenvalue weighted by atomic mass is 10.1. The second kappa shape index (κ2) is 6.28. The van der Waals surface area contributed by atoms with Gasteiger partial charge in [0, 0.05) is 17.3 Å². The molecule has 20 heavy (non-hydrogen) atoms. The molecule has 0 saturated carbocycles. The van der Waals surface area contributed by atoms with Crippen LogP contribution in [-0.2, 0) is 6.42 Å². The van der Waals surface area contributed by atoms with Crippen LogP contribution in [0, 0.1) is 11.7 Å². The van der Waals surface area contributed by atoms with Crippen LogP contribution < -0.4 is 11.3 Å². The normalized spacial score (nSPS) is 10.9. The van der Waals surface area contributed by atoms with Gasteiger partial charge in [0.1, 0.15) is 11.6 Å². The monoisotopic (exact) mass is 338 g/mol. The van der Waals surface area contributed by atoms with Crippen LogP contribution in [0.1, 0.15) is 19.5 Å². The zero-order chi connectivity index (χ0) is 14.7. The number of aromatic nitrogens is 2.